The average molecular weight is 299 g/mol. The van der Waals surface area contributed by atoms with E-state index >= 15 is 0 Å². The third-order valence-electron chi connectivity index (χ3n) is 4.07. The molecule has 0 aliphatic rings. The highest BCUT2D eigenvalue weighted by Crippen LogP contribution is 2.29. The van der Waals surface area contributed by atoms with Crippen LogP contribution in [0.5, 0.6) is 11.5 Å². The molecule has 0 amide bonds. The molecule has 0 aromatic heterocycles. The van der Waals surface area contributed by atoms with Crippen LogP contribution in [0.15, 0.2) is 48.5 Å². The Hall–Kier alpha value is -2.00. The van der Waals surface area contributed by atoms with Crippen molar-refractivity contribution in [1.29, 1.82) is 0 Å². The molecule has 2 rings (SSSR count). The van der Waals surface area contributed by atoms with Gasteiger partial charge in [-0.05, 0) is 48.7 Å². The number of hydrogen-bond acceptors (Lipinski definition) is 3. The Morgan fingerprint density at radius 3 is 2.05 bits per heavy atom. The molecule has 2 aromatic rings. The maximum absolute atomic E-state index is 6.08. The molecule has 3 heteroatoms. The summed E-state index contributed by atoms with van der Waals surface area (Å²) in [6, 6.07) is 16.4. The summed E-state index contributed by atoms with van der Waals surface area (Å²) in [6.07, 6.45) is 0.891. The molecule has 1 atom stereocenters. The zero-order valence-corrected chi connectivity index (χ0v) is 13.6. The van der Waals surface area contributed by atoms with Crippen molar-refractivity contribution in [2.75, 3.05) is 20.3 Å². The fourth-order valence-electron chi connectivity index (χ4n) is 2.61. The fraction of sp³-hybridized carbons (Fsp3) is 0.368. The van der Waals surface area contributed by atoms with Crippen LogP contribution >= 0.6 is 0 Å². The molecule has 0 saturated carbocycles. The van der Waals surface area contributed by atoms with Gasteiger partial charge < -0.3 is 15.2 Å². The highest BCUT2D eigenvalue weighted by molar-refractivity contribution is 5.35. The predicted octanol–water partition coefficient (Wildman–Crippen LogP) is 3.55. The topological polar surface area (TPSA) is 44.5 Å². The van der Waals surface area contributed by atoms with Crippen LogP contribution in [0.3, 0.4) is 0 Å². The molecule has 2 aromatic carbocycles. The predicted molar refractivity (Wildman–Crippen MR) is 90.7 cm³/mol. The van der Waals surface area contributed by atoms with Crippen molar-refractivity contribution in [2.45, 2.75) is 25.7 Å². The van der Waals surface area contributed by atoms with Crippen molar-refractivity contribution >= 4 is 0 Å². The summed E-state index contributed by atoms with van der Waals surface area (Å²) in [7, 11) is 1.68. The van der Waals surface area contributed by atoms with Crippen molar-refractivity contribution in [3.8, 4) is 11.5 Å². The highest BCUT2D eigenvalue weighted by atomic mass is 16.5. The van der Waals surface area contributed by atoms with Crippen LogP contribution < -0.4 is 15.2 Å². The Kier molecular flexibility index (Phi) is 5.45. The third-order valence-corrected chi connectivity index (χ3v) is 4.07. The molecule has 0 aliphatic heterocycles. The minimum Gasteiger partial charge on any atom is -0.497 e. The zero-order chi connectivity index (χ0) is 16.0. The van der Waals surface area contributed by atoms with Gasteiger partial charge in [0, 0.05) is 12.0 Å². The quantitative estimate of drug-likeness (QED) is 0.850. The summed E-state index contributed by atoms with van der Waals surface area (Å²) in [5, 5.41) is 0. The SMILES string of the molecule is CCOc1ccc(CC(C)(CN)c2ccc(OC)cc2)cc1. The van der Waals surface area contributed by atoms with E-state index in [-0.39, 0.29) is 5.41 Å². The Bertz CT molecular complexity index is 577. The van der Waals surface area contributed by atoms with Crippen LogP contribution in [0, 0.1) is 0 Å². The van der Waals surface area contributed by atoms with Gasteiger partial charge in [0.2, 0.25) is 0 Å². The first kappa shape index (κ1) is 16.4. The first-order chi connectivity index (χ1) is 10.6. The van der Waals surface area contributed by atoms with Crippen LogP contribution in [0.4, 0.5) is 0 Å². The van der Waals surface area contributed by atoms with E-state index in [0.717, 1.165) is 17.9 Å². The van der Waals surface area contributed by atoms with E-state index in [4.69, 9.17) is 15.2 Å². The van der Waals surface area contributed by atoms with E-state index in [1.807, 2.05) is 31.2 Å². The zero-order valence-electron chi connectivity index (χ0n) is 13.6. The van der Waals surface area contributed by atoms with E-state index in [1.54, 1.807) is 7.11 Å². The van der Waals surface area contributed by atoms with Crippen LogP contribution in [0.1, 0.15) is 25.0 Å². The molecule has 0 heterocycles. The number of benzene rings is 2. The van der Waals surface area contributed by atoms with E-state index in [9.17, 15) is 0 Å². The van der Waals surface area contributed by atoms with Gasteiger partial charge in [0.05, 0.1) is 13.7 Å². The second-order valence-electron chi connectivity index (χ2n) is 5.75. The van der Waals surface area contributed by atoms with E-state index < -0.39 is 0 Å². The molecule has 0 spiro atoms. The summed E-state index contributed by atoms with van der Waals surface area (Å²) < 4.78 is 10.7. The average Bonchev–Trinajstić information content (AvgIpc) is 2.57. The van der Waals surface area contributed by atoms with Gasteiger partial charge in [0.15, 0.2) is 0 Å². The van der Waals surface area contributed by atoms with E-state index in [0.29, 0.717) is 13.2 Å². The summed E-state index contributed by atoms with van der Waals surface area (Å²) >= 11 is 0. The maximum Gasteiger partial charge on any atom is 0.119 e. The second-order valence-corrected chi connectivity index (χ2v) is 5.75. The molecule has 22 heavy (non-hydrogen) atoms. The first-order valence-electron chi connectivity index (χ1n) is 7.67. The minimum absolute atomic E-state index is 0.0978. The Balaban J connectivity index is 2.18. The van der Waals surface area contributed by atoms with E-state index in [1.165, 1.54) is 11.1 Å². The van der Waals surface area contributed by atoms with Crippen LogP contribution in [-0.2, 0) is 11.8 Å². The molecule has 0 saturated heterocycles. The van der Waals surface area contributed by atoms with Gasteiger partial charge in [-0.3, -0.25) is 0 Å². The Morgan fingerprint density at radius 1 is 0.955 bits per heavy atom. The molecular formula is C19H25NO2. The van der Waals surface area contributed by atoms with Gasteiger partial charge in [-0.15, -0.1) is 0 Å². The van der Waals surface area contributed by atoms with Crippen LogP contribution in [0.25, 0.3) is 0 Å². The number of rotatable bonds is 7. The summed E-state index contributed by atoms with van der Waals surface area (Å²) in [6.45, 7) is 5.46. The lowest BCUT2D eigenvalue weighted by atomic mass is 9.77. The van der Waals surface area contributed by atoms with Gasteiger partial charge in [-0.25, -0.2) is 0 Å². The molecule has 2 N–H and O–H groups in total. The second kappa shape index (κ2) is 7.32. The largest absolute Gasteiger partial charge is 0.497 e. The fourth-order valence-corrected chi connectivity index (χ4v) is 2.61. The molecule has 0 aliphatic carbocycles. The molecule has 0 fully saturated rings. The van der Waals surface area contributed by atoms with Crippen molar-refractivity contribution in [2.24, 2.45) is 5.73 Å². The Morgan fingerprint density at radius 2 is 1.55 bits per heavy atom. The van der Waals surface area contributed by atoms with Crippen molar-refractivity contribution in [3.05, 3.63) is 59.7 Å². The number of methoxy groups -OCH3 is 1. The maximum atomic E-state index is 6.08. The van der Waals surface area contributed by atoms with Gasteiger partial charge >= 0.3 is 0 Å². The lowest BCUT2D eigenvalue weighted by Crippen LogP contribution is -2.34. The monoisotopic (exact) mass is 299 g/mol. The number of ether oxygens (including phenoxy) is 2. The van der Waals surface area contributed by atoms with Gasteiger partial charge in [0.25, 0.3) is 0 Å². The minimum atomic E-state index is -0.0978. The molecule has 3 nitrogen and oxygen atoms in total. The molecule has 0 bridgehead atoms. The van der Waals surface area contributed by atoms with Gasteiger partial charge in [0.1, 0.15) is 11.5 Å². The highest BCUT2D eigenvalue weighted by Gasteiger charge is 2.25. The van der Waals surface area contributed by atoms with Crippen molar-refractivity contribution < 1.29 is 9.47 Å². The standard InChI is InChI=1S/C19H25NO2/c1-4-22-18-9-5-15(6-10-18)13-19(2,14-20)16-7-11-17(21-3)12-8-16/h5-12H,4,13-14,20H2,1-3H3. The van der Waals surface area contributed by atoms with Crippen LogP contribution in [0.2, 0.25) is 0 Å². The molecular weight excluding hydrogens is 274 g/mol. The summed E-state index contributed by atoms with van der Waals surface area (Å²) in [5.74, 6) is 1.77. The molecule has 118 valence electrons. The number of nitrogens with two attached hydrogens (primary N) is 1. The van der Waals surface area contributed by atoms with E-state index in [2.05, 4.69) is 31.2 Å². The lowest BCUT2D eigenvalue weighted by molar-refractivity contribution is 0.340. The molecule has 0 radical (unpaired) electrons. The number of hydrogen-bond donors (Lipinski definition) is 1. The molecule has 1 unspecified atom stereocenters. The first-order valence-corrected chi connectivity index (χ1v) is 7.67. The third kappa shape index (κ3) is 3.80. The van der Waals surface area contributed by atoms with Crippen molar-refractivity contribution in [3.63, 3.8) is 0 Å². The lowest BCUT2D eigenvalue weighted by Gasteiger charge is -2.29. The summed E-state index contributed by atoms with van der Waals surface area (Å²) in [4.78, 5) is 0. The van der Waals surface area contributed by atoms with Crippen molar-refractivity contribution in [1.82, 2.24) is 0 Å². The van der Waals surface area contributed by atoms with Crippen LogP contribution in [-0.4, -0.2) is 20.3 Å². The smallest absolute Gasteiger partial charge is 0.119 e. The Labute approximate surface area is 133 Å². The van der Waals surface area contributed by atoms with Gasteiger partial charge in [-0.2, -0.15) is 0 Å². The summed E-state index contributed by atoms with van der Waals surface area (Å²) in [5.41, 5.74) is 8.46. The normalized spacial score (nSPS) is 13.5. The van der Waals surface area contributed by atoms with Gasteiger partial charge in [-0.1, -0.05) is 31.2 Å².